The van der Waals surface area contributed by atoms with Crippen molar-refractivity contribution in [1.29, 1.82) is 0 Å². The number of hydrogen-bond acceptors (Lipinski definition) is 5. The number of tetrazole rings is 1. The third kappa shape index (κ3) is 3.19. The Morgan fingerprint density at radius 1 is 1.39 bits per heavy atom. The quantitative estimate of drug-likeness (QED) is 0.840. The van der Waals surface area contributed by atoms with Crippen LogP contribution < -0.4 is 10.1 Å². The molecule has 0 radical (unpaired) electrons. The highest BCUT2D eigenvalue weighted by atomic mass is 16.5. The molecule has 96 valence electrons. The van der Waals surface area contributed by atoms with Crippen LogP contribution in [0.3, 0.4) is 0 Å². The van der Waals surface area contributed by atoms with E-state index in [2.05, 4.69) is 27.8 Å². The van der Waals surface area contributed by atoms with Gasteiger partial charge in [0.25, 0.3) is 0 Å². The van der Waals surface area contributed by atoms with Crippen LogP contribution in [-0.2, 0) is 13.6 Å². The standard InChI is InChI=1S/C12H17N5O/c1-3-7-18-11-6-4-5-10(8-11)9-13-12-14-15-16-17(12)2/h4-6,8H,3,7,9H2,1-2H3,(H,13,14,16). The fourth-order valence-corrected chi connectivity index (χ4v) is 1.53. The number of nitrogens with one attached hydrogen (secondary N) is 1. The van der Waals surface area contributed by atoms with E-state index >= 15 is 0 Å². The molecule has 0 unspecified atom stereocenters. The summed E-state index contributed by atoms with van der Waals surface area (Å²) in [6, 6.07) is 8.00. The Labute approximate surface area is 106 Å². The molecule has 0 saturated heterocycles. The lowest BCUT2D eigenvalue weighted by atomic mass is 10.2. The predicted octanol–water partition coefficient (Wildman–Crippen LogP) is 1.61. The number of ether oxygens (including phenoxy) is 1. The number of rotatable bonds is 6. The van der Waals surface area contributed by atoms with Crippen LogP contribution in [0, 0.1) is 0 Å². The molecular formula is C12H17N5O. The fourth-order valence-electron chi connectivity index (χ4n) is 1.53. The smallest absolute Gasteiger partial charge is 0.242 e. The molecule has 1 heterocycles. The van der Waals surface area contributed by atoms with Crippen LogP contribution in [-0.4, -0.2) is 26.8 Å². The summed E-state index contributed by atoms with van der Waals surface area (Å²) in [5.41, 5.74) is 1.13. The molecule has 0 aliphatic heterocycles. The van der Waals surface area contributed by atoms with E-state index in [-0.39, 0.29) is 0 Å². The lowest BCUT2D eigenvalue weighted by Gasteiger charge is -2.08. The minimum absolute atomic E-state index is 0.648. The highest BCUT2D eigenvalue weighted by molar-refractivity contribution is 5.32. The van der Waals surface area contributed by atoms with Gasteiger partial charge in [-0.05, 0) is 34.5 Å². The monoisotopic (exact) mass is 247 g/mol. The lowest BCUT2D eigenvalue weighted by Crippen LogP contribution is -2.06. The minimum atomic E-state index is 0.648. The topological polar surface area (TPSA) is 64.9 Å². The maximum atomic E-state index is 5.58. The Hall–Kier alpha value is -2.11. The number of benzene rings is 1. The largest absolute Gasteiger partial charge is 0.494 e. The first-order chi connectivity index (χ1) is 8.79. The zero-order valence-corrected chi connectivity index (χ0v) is 10.6. The van der Waals surface area contributed by atoms with Gasteiger partial charge in [0.1, 0.15) is 5.75 Å². The van der Waals surface area contributed by atoms with Crippen LogP contribution in [0.15, 0.2) is 24.3 Å². The van der Waals surface area contributed by atoms with Gasteiger partial charge in [0, 0.05) is 13.6 Å². The number of aromatic nitrogens is 4. The molecule has 0 saturated carbocycles. The molecule has 0 atom stereocenters. The van der Waals surface area contributed by atoms with E-state index in [0.29, 0.717) is 12.5 Å². The minimum Gasteiger partial charge on any atom is -0.494 e. The van der Waals surface area contributed by atoms with Gasteiger partial charge >= 0.3 is 0 Å². The average Bonchev–Trinajstić information content (AvgIpc) is 2.80. The van der Waals surface area contributed by atoms with Gasteiger partial charge in [-0.3, -0.25) is 0 Å². The normalized spacial score (nSPS) is 10.3. The highest BCUT2D eigenvalue weighted by Gasteiger charge is 2.01. The van der Waals surface area contributed by atoms with Crippen molar-refractivity contribution in [1.82, 2.24) is 20.2 Å². The Morgan fingerprint density at radius 3 is 3.00 bits per heavy atom. The average molecular weight is 247 g/mol. The predicted molar refractivity (Wildman–Crippen MR) is 68.4 cm³/mol. The second-order valence-corrected chi connectivity index (χ2v) is 3.98. The van der Waals surface area contributed by atoms with Gasteiger partial charge in [-0.1, -0.05) is 24.2 Å². The molecule has 0 fully saturated rings. The van der Waals surface area contributed by atoms with Gasteiger partial charge in [-0.25, -0.2) is 4.68 Å². The third-order valence-corrected chi connectivity index (χ3v) is 2.44. The van der Waals surface area contributed by atoms with Gasteiger partial charge in [-0.2, -0.15) is 0 Å². The molecule has 1 aromatic heterocycles. The van der Waals surface area contributed by atoms with Crippen LogP contribution in [0.2, 0.25) is 0 Å². The van der Waals surface area contributed by atoms with Crippen LogP contribution in [0.1, 0.15) is 18.9 Å². The Kier molecular flexibility index (Phi) is 4.11. The van der Waals surface area contributed by atoms with Crippen LogP contribution >= 0.6 is 0 Å². The number of hydrogen-bond donors (Lipinski definition) is 1. The van der Waals surface area contributed by atoms with Gasteiger partial charge in [-0.15, -0.1) is 0 Å². The molecule has 6 nitrogen and oxygen atoms in total. The maximum Gasteiger partial charge on any atom is 0.242 e. The van der Waals surface area contributed by atoms with Gasteiger partial charge < -0.3 is 10.1 Å². The van der Waals surface area contributed by atoms with Crippen molar-refractivity contribution in [3.05, 3.63) is 29.8 Å². The summed E-state index contributed by atoms with van der Waals surface area (Å²) in [6.45, 7) is 3.49. The van der Waals surface area contributed by atoms with Gasteiger partial charge in [0.15, 0.2) is 0 Å². The summed E-state index contributed by atoms with van der Waals surface area (Å²) in [4.78, 5) is 0. The molecule has 1 aromatic carbocycles. The number of nitrogens with zero attached hydrogens (tertiary/aromatic N) is 4. The SMILES string of the molecule is CCCOc1cccc(CNc2nnnn2C)c1. The van der Waals surface area contributed by atoms with E-state index in [1.165, 1.54) is 0 Å². The van der Waals surface area contributed by atoms with Crippen molar-refractivity contribution in [2.24, 2.45) is 7.05 Å². The number of aryl methyl sites for hydroxylation is 1. The molecule has 2 rings (SSSR count). The summed E-state index contributed by atoms with van der Waals surface area (Å²) < 4.78 is 7.18. The Bertz CT molecular complexity index is 497. The summed E-state index contributed by atoms with van der Waals surface area (Å²) in [7, 11) is 1.79. The summed E-state index contributed by atoms with van der Waals surface area (Å²) >= 11 is 0. The van der Waals surface area contributed by atoms with Crippen molar-refractivity contribution < 1.29 is 4.74 Å². The third-order valence-electron chi connectivity index (χ3n) is 2.44. The van der Waals surface area contributed by atoms with Crippen molar-refractivity contribution in [3.8, 4) is 5.75 Å². The van der Waals surface area contributed by atoms with Crippen LogP contribution in [0.25, 0.3) is 0 Å². The zero-order chi connectivity index (χ0) is 12.8. The highest BCUT2D eigenvalue weighted by Crippen LogP contribution is 2.14. The molecule has 1 N–H and O–H groups in total. The second kappa shape index (κ2) is 6.00. The summed E-state index contributed by atoms with van der Waals surface area (Å²) in [6.07, 6.45) is 1.01. The Balaban J connectivity index is 1.95. The van der Waals surface area contributed by atoms with Crippen LogP contribution in [0.4, 0.5) is 5.95 Å². The lowest BCUT2D eigenvalue weighted by molar-refractivity contribution is 0.317. The first kappa shape index (κ1) is 12.3. The van der Waals surface area contributed by atoms with Crippen molar-refractivity contribution in [2.75, 3.05) is 11.9 Å². The first-order valence-corrected chi connectivity index (χ1v) is 5.97. The van der Waals surface area contributed by atoms with Crippen molar-refractivity contribution in [3.63, 3.8) is 0 Å². The van der Waals surface area contributed by atoms with E-state index in [1.54, 1.807) is 11.7 Å². The van der Waals surface area contributed by atoms with Crippen LogP contribution in [0.5, 0.6) is 5.75 Å². The van der Waals surface area contributed by atoms with Crippen molar-refractivity contribution >= 4 is 5.95 Å². The second-order valence-electron chi connectivity index (χ2n) is 3.98. The van der Waals surface area contributed by atoms with Gasteiger partial charge in [0.2, 0.25) is 5.95 Å². The molecule has 0 aliphatic rings. The first-order valence-electron chi connectivity index (χ1n) is 5.97. The molecular weight excluding hydrogens is 230 g/mol. The number of anilines is 1. The summed E-state index contributed by atoms with van der Waals surface area (Å²) in [5, 5.41) is 14.3. The molecule has 6 heteroatoms. The van der Waals surface area contributed by atoms with E-state index in [0.717, 1.165) is 24.3 Å². The van der Waals surface area contributed by atoms with E-state index in [9.17, 15) is 0 Å². The molecule has 0 aliphatic carbocycles. The van der Waals surface area contributed by atoms with E-state index in [4.69, 9.17) is 4.74 Å². The maximum absolute atomic E-state index is 5.58. The zero-order valence-electron chi connectivity index (χ0n) is 10.6. The Morgan fingerprint density at radius 2 is 2.28 bits per heavy atom. The van der Waals surface area contributed by atoms with E-state index < -0.39 is 0 Å². The molecule has 0 bridgehead atoms. The summed E-state index contributed by atoms with van der Waals surface area (Å²) in [5.74, 6) is 1.54. The molecule has 0 amide bonds. The molecule has 0 spiro atoms. The van der Waals surface area contributed by atoms with Gasteiger partial charge in [0.05, 0.1) is 6.61 Å². The molecule has 2 aromatic rings. The molecule has 18 heavy (non-hydrogen) atoms. The fraction of sp³-hybridized carbons (Fsp3) is 0.417. The van der Waals surface area contributed by atoms with E-state index in [1.807, 2.05) is 24.3 Å². The van der Waals surface area contributed by atoms with Crippen molar-refractivity contribution in [2.45, 2.75) is 19.9 Å².